The maximum atomic E-state index is 13.1. The van der Waals surface area contributed by atoms with E-state index in [0.29, 0.717) is 18.8 Å². The van der Waals surface area contributed by atoms with Crippen molar-refractivity contribution in [2.24, 2.45) is 4.99 Å². The minimum Gasteiger partial charge on any atom is -0.490 e. The standard InChI is InChI=1S/C21H27FN2O3/c1-21(9-3-2-4-10-21)15-5-7-17(8-6-15)26-14-18-13-24-16(12-22)11-19(25)23-20(24)27-18/h5-8,11,18-19,25H,2-4,9-10,12-14H2,1H3. The molecule has 5 nitrogen and oxygen atoms in total. The third-order valence-electron chi connectivity index (χ3n) is 5.90. The number of aliphatic hydroxyl groups excluding tert-OH is 1. The summed E-state index contributed by atoms with van der Waals surface area (Å²) in [5.74, 6) is 0.801. The van der Waals surface area contributed by atoms with E-state index < -0.39 is 12.9 Å². The van der Waals surface area contributed by atoms with Gasteiger partial charge in [0, 0.05) is 0 Å². The van der Waals surface area contributed by atoms with E-state index in [4.69, 9.17) is 9.47 Å². The fourth-order valence-electron chi connectivity index (χ4n) is 4.25. The van der Waals surface area contributed by atoms with Crippen LogP contribution in [0.4, 0.5) is 4.39 Å². The summed E-state index contributed by atoms with van der Waals surface area (Å²) in [4.78, 5) is 5.66. The van der Waals surface area contributed by atoms with Crippen LogP contribution in [0.25, 0.3) is 0 Å². The van der Waals surface area contributed by atoms with E-state index in [0.717, 1.165) is 5.75 Å². The van der Waals surface area contributed by atoms with Crippen molar-refractivity contribution >= 4 is 6.02 Å². The van der Waals surface area contributed by atoms with Crippen LogP contribution in [-0.4, -0.2) is 48.2 Å². The van der Waals surface area contributed by atoms with E-state index in [9.17, 15) is 9.50 Å². The molecule has 1 N–H and O–H groups in total. The molecule has 27 heavy (non-hydrogen) atoms. The van der Waals surface area contributed by atoms with E-state index in [-0.39, 0.29) is 17.5 Å². The summed E-state index contributed by atoms with van der Waals surface area (Å²) in [7, 11) is 0. The summed E-state index contributed by atoms with van der Waals surface area (Å²) in [6, 6.07) is 8.65. The first-order valence-electron chi connectivity index (χ1n) is 9.77. The first-order chi connectivity index (χ1) is 13.1. The minimum absolute atomic E-state index is 0.250. The Bertz CT molecular complexity index is 725. The van der Waals surface area contributed by atoms with Gasteiger partial charge in [0.15, 0.2) is 12.3 Å². The summed E-state index contributed by atoms with van der Waals surface area (Å²) in [5, 5.41) is 9.64. The minimum atomic E-state index is -1.05. The van der Waals surface area contributed by atoms with Crippen molar-refractivity contribution in [2.45, 2.75) is 56.8 Å². The van der Waals surface area contributed by atoms with Crippen LogP contribution in [0.3, 0.4) is 0 Å². The van der Waals surface area contributed by atoms with Gasteiger partial charge in [-0.05, 0) is 42.0 Å². The predicted molar refractivity (Wildman–Crippen MR) is 101 cm³/mol. The van der Waals surface area contributed by atoms with Crippen LogP contribution in [0.2, 0.25) is 0 Å². The first kappa shape index (κ1) is 18.3. The quantitative estimate of drug-likeness (QED) is 0.857. The van der Waals surface area contributed by atoms with Crippen molar-refractivity contribution in [3.8, 4) is 5.75 Å². The fourth-order valence-corrected chi connectivity index (χ4v) is 4.25. The summed E-state index contributed by atoms with van der Waals surface area (Å²) in [6.07, 6.45) is 6.55. The van der Waals surface area contributed by atoms with Crippen LogP contribution in [0.15, 0.2) is 41.0 Å². The molecule has 2 unspecified atom stereocenters. The molecule has 3 aliphatic rings. The third kappa shape index (κ3) is 3.81. The van der Waals surface area contributed by atoms with E-state index in [1.54, 1.807) is 4.90 Å². The molecule has 1 saturated heterocycles. The lowest BCUT2D eigenvalue weighted by molar-refractivity contribution is 0.143. The van der Waals surface area contributed by atoms with Gasteiger partial charge < -0.3 is 14.6 Å². The van der Waals surface area contributed by atoms with Gasteiger partial charge in [-0.25, -0.2) is 4.39 Å². The SMILES string of the molecule is CC1(c2ccc(OCC3CN4C(CF)=CC(O)N=C4O3)cc2)CCCCC1. The molecule has 6 heteroatoms. The van der Waals surface area contributed by atoms with E-state index >= 15 is 0 Å². The number of amidine groups is 1. The van der Waals surface area contributed by atoms with E-state index in [1.807, 2.05) is 12.1 Å². The van der Waals surface area contributed by atoms with Crippen molar-refractivity contribution < 1.29 is 19.0 Å². The molecular weight excluding hydrogens is 347 g/mol. The number of ether oxygens (including phenoxy) is 2. The summed E-state index contributed by atoms with van der Waals surface area (Å²) in [5.41, 5.74) is 2.05. The number of benzene rings is 1. The van der Waals surface area contributed by atoms with Gasteiger partial charge in [-0.1, -0.05) is 38.3 Å². The van der Waals surface area contributed by atoms with E-state index in [2.05, 4.69) is 24.0 Å². The van der Waals surface area contributed by atoms with Gasteiger partial charge in [-0.3, -0.25) is 4.90 Å². The van der Waals surface area contributed by atoms with Gasteiger partial charge in [0.25, 0.3) is 6.02 Å². The Morgan fingerprint density at radius 1 is 1.26 bits per heavy atom. The molecule has 4 rings (SSSR count). The molecule has 2 aliphatic heterocycles. The summed E-state index contributed by atoms with van der Waals surface area (Å²) >= 11 is 0. The first-order valence-corrected chi connectivity index (χ1v) is 9.77. The smallest absolute Gasteiger partial charge is 0.295 e. The van der Waals surface area contributed by atoms with Crippen LogP contribution in [0.5, 0.6) is 5.75 Å². The molecule has 1 saturated carbocycles. The number of fused-ring (bicyclic) bond motifs is 1. The highest BCUT2D eigenvalue weighted by Gasteiger charge is 2.35. The molecule has 1 aromatic rings. The van der Waals surface area contributed by atoms with Crippen LogP contribution in [-0.2, 0) is 10.2 Å². The lowest BCUT2D eigenvalue weighted by atomic mass is 9.71. The Hall–Kier alpha value is -2.08. The van der Waals surface area contributed by atoms with Gasteiger partial charge in [0.2, 0.25) is 0 Å². The van der Waals surface area contributed by atoms with Crippen LogP contribution < -0.4 is 4.74 Å². The largest absolute Gasteiger partial charge is 0.490 e. The van der Waals surface area contributed by atoms with Crippen LogP contribution in [0.1, 0.15) is 44.6 Å². The average Bonchev–Trinajstić information content (AvgIpc) is 3.09. The van der Waals surface area contributed by atoms with Crippen molar-refractivity contribution in [3.05, 3.63) is 41.6 Å². The zero-order valence-electron chi connectivity index (χ0n) is 15.7. The highest BCUT2D eigenvalue weighted by atomic mass is 19.1. The number of aliphatic imine (C=N–C) groups is 1. The van der Waals surface area contributed by atoms with Gasteiger partial charge in [0.1, 0.15) is 19.0 Å². The predicted octanol–water partition coefficient (Wildman–Crippen LogP) is 3.53. The van der Waals surface area contributed by atoms with Gasteiger partial charge in [-0.2, -0.15) is 4.99 Å². The normalized spacial score (nSPS) is 26.7. The molecule has 1 aliphatic carbocycles. The molecular formula is C21H27FN2O3. The number of rotatable bonds is 5. The third-order valence-corrected chi connectivity index (χ3v) is 5.90. The second-order valence-corrected chi connectivity index (χ2v) is 7.92. The zero-order chi connectivity index (χ0) is 18.9. The molecule has 0 spiro atoms. The average molecular weight is 374 g/mol. The summed E-state index contributed by atoms with van der Waals surface area (Å²) < 4.78 is 24.7. The molecule has 0 amide bonds. The number of allylic oxidation sites excluding steroid dienone is 1. The second kappa shape index (κ2) is 7.50. The van der Waals surface area contributed by atoms with Crippen LogP contribution >= 0.6 is 0 Å². The van der Waals surface area contributed by atoms with E-state index in [1.165, 1.54) is 43.7 Å². The lowest BCUT2D eigenvalue weighted by Crippen LogP contribution is -2.32. The molecule has 146 valence electrons. The molecule has 0 radical (unpaired) electrons. The zero-order valence-corrected chi connectivity index (χ0v) is 15.7. The molecule has 1 aromatic carbocycles. The molecule has 2 atom stereocenters. The Kier molecular flexibility index (Phi) is 5.08. The Labute approximate surface area is 159 Å². The Morgan fingerprint density at radius 3 is 2.70 bits per heavy atom. The highest BCUT2D eigenvalue weighted by molar-refractivity contribution is 5.79. The molecule has 2 heterocycles. The van der Waals surface area contributed by atoms with Gasteiger partial charge in [-0.15, -0.1) is 0 Å². The second-order valence-electron chi connectivity index (χ2n) is 7.92. The number of aliphatic hydroxyl groups is 1. The van der Waals surface area contributed by atoms with Crippen molar-refractivity contribution in [1.82, 2.24) is 4.90 Å². The van der Waals surface area contributed by atoms with Crippen molar-refractivity contribution in [1.29, 1.82) is 0 Å². The van der Waals surface area contributed by atoms with Crippen LogP contribution in [0, 0.1) is 0 Å². The number of alkyl halides is 1. The van der Waals surface area contributed by atoms with Crippen molar-refractivity contribution in [3.63, 3.8) is 0 Å². The van der Waals surface area contributed by atoms with Crippen molar-refractivity contribution in [2.75, 3.05) is 19.8 Å². The number of hydrogen-bond acceptors (Lipinski definition) is 5. The van der Waals surface area contributed by atoms with Gasteiger partial charge in [0.05, 0.1) is 12.2 Å². The monoisotopic (exact) mass is 374 g/mol. The molecule has 2 fully saturated rings. The lowest BCUT2D eigenvalue weighted by Gasteiger charge is -2.34. The topological polar surface area (TPSA) is 54.3 Å². The maximum absolute atomic E-state index is 13.1. The highest BCUT2D eigenvalue weighted by Crippen LogP contribution is 2.39. The maximum Gasteiger partial charge on any atom is 0.295 e. The number of nitrogens with zero attached hydrogens (tertiary/aromatic N) is 2. The molecule has 0 aromatic heterocycles. The number of hydrogen-bond donors (Lipinski definition) is 1. The Balaban J connectivity index is 1.35. The van der Waals surface area contributed by atoms with Gasteiger partial charge >= 0.3 is 0 Å². The summed E-state index contributed by atoms with van der Waals surface area (Å²) in [6.45, 7) is 2.52. The molecule has 0 bridgehead atoms. The number of halogens is 1. The Morgan fingerprint density at radius 2 is 2.00 bits per heavy atom. The fraction of sp³-hybridized carbons (Fsp3) is 0.571.